The lowest BCUT2D eigenvalue weighted by Crippen LogP contribution is -2.08. The number of carboxylic acid groups (broad SMARTS) is 2. The van der Waals surface area contributed by atoms with Gasteiger partial charge < -0.3 is 10.2 Å². The van der Waals surface area contributed by atoms with Gasteiger partial charge in [-0.3, -0.25) is 9.59 Å². The number of hydrogen-bond acceptors (Lipinski definition) is 5. The highest BCUT2D eigenvalue weighted by molar-refractivity contribution is 8.00. The van der Waals surface area contributed by atoms with Gasteiger partial charge in [0, 0.05) is 6.42 Å². The molecule has 18 heavy (non-hydrogen) atoms. The molecule has 5 nitrogen and oxygen atoms in total. The van der Waals surface area contributed by atoms with Crippen molar-refractivity contribution in [3.63, 3.8) is 0 Å². The van der Waals surface area contributed by atoms with Crippen molar-refractivity contribution in [3.8, 4) is 0 Å². The summed E-state index contributed by atoms with van der Waals surface area (Å²) in [4.78, 5) is 26.3. The second kappa shape index (κ2) is 7.38. The van der Waals surface area contributed by atoms with Crippen LogP contribution in [-0.4, -0.2) is 32.9 Å². The van der Waals surface area contributed by atoms with Gasteiger partial charge in [0.05, 0.1) is 16.1 Å². The third-order valence-electron chi connectivity index (χ3n) is 2.31. The van der Waals surface area contributed by atoms with Crippen molar-refractivity contribution in [2.45, 2.75) is 31.4 Å². The molecule has 0 fully saturated rings. The molecule has 0 saturated carbocycles. The normalized spacial score (nSPS) is 12.3. The molecule has 0 aromatic carbocycles. The van der Waals surface area contributed by atoms with E-state index in [4.69, 9.17) is 5.11 Å². The summed E-state index contributed by atoms with van der Waals surface area (Å²) in [5, 5.41) is 17.1. The smallest absolute Gasteiger partial charge is 0.322 e. The average molecular weight is 289 g/mol. The highest BCUT2D eigenvalue weighted by Crippen LogP contribution is 2.34. The Bertz CT molecular complexity index is 419. The molecule has 0 saturated heterocycles. The van der Waals surface area contributed by atoms with E-state index >= 15 is 0 Å². The number of unbranched alkanes of at least 4 members (excludes halogenated alkanes) is 1. The minimum atomic E-state index is -0.870. The third kappa shape index (κ3) is 4.66. The first-order valence-corrected chi connectivity index (χ1v) is 7.41. The minimum absolute atomic E-state index is 0.137. The lowest BCUT2D eigenvalue weighted by atomic mass is 10.2. The van der Waals surface area contributed by atoms with Gasteiger partial charge in [0.2, 0.25) is 0 Å². The van der Waals surface area contributed by atoms with Gasteiger partial charge in [-0.2, -0.15) is 0 Å². The topological polar surface area (TPSA) is 87.5 Å². The molecule has 0 aliphatic rings. The first-order valence-electron chi connectivity index (χ1n) is 5.48. The highest BCUT2D eigenvalue weighted by Gasteiger charge is 2.23. The monoisotopic (exact) mass is 289 g/mol. The number of carboxylic acids is 2. The fourth-order valence-electron chi connectivity index (χ4n) is 1.40. The summed E-state index contributed by atoms with van der Waals surface area (Å²) in [5.74, 6) is -1.04. The van der Waals surface area contributed by atoms with Crippen LogP contribution in [-0.2, 0) is 9.59 Å². The first-order chi connectivity index (χ1) is 8.52. The van der Waals surface area contributed by atoms with Crippen LogP contribution in [0.15, 0.2) is 5.51 Å². The van der Waals surface area contributed by atoms with E-state index in [0.717, 1.165) is 10.6 Å². The SMILES string of the molecule is Cc1ncsc1C(SCCCCC(=O)O)C(=O)O. The fraction of sp³-hybridized carbons (Fsp3) is 0.545. The van der Waals surface area contributed by atoms with Crippen LogP contribution in [0.2, 0.25) is 0 Å². The van der Waals surface area contributed by atoms with Gasteiger partial charge in [-0.05, 0) is 25.5 Å². The molecule has 0 aliphatic heterocycles. The van der Waals surface area contributed by atoms with Gasteiger partial charge in [-0.15, -0.1) is 23.1 Å². The Morgan fingerprint density at radius 1 is 1.44 bits per heavy atom. The highest BCUT2D eigenvalue weighted by atomic mass is 32.2. The molecule has 7 heteroatoms. The fourth-order valence-corrected chi connectivity index (χ4v) is 3.62. The maximum absolute atomic E-state index is 11.2. The zero-order valence-corrected chi connectivity index (χ0v) is 11.6. The van der Waals surface area contributed by atoms with Crippen LogP contribution in [0.3, 0.4) is 0 Å². The van der Waals surface area contributed by atoms with Crippen molar-refractivity contribution >= 4 is 35.0 Å². The third-order valence-corrected chi connectivity index (χ3v) is 4.75. The van der Waals surface area contributed by atoms with Gasteiger partial charge in [0.15, 0.2) is 0 Å². The molecule has 0 radical (unpaired) electrons. The van der Waals surface area contributed by atoms with Crippen LogP contribution in [0, 0.1) is 6.92 Å². The van der Waals surface area contributed by atoms with E-state index in [-0.39, 0.29) is 6.42 Å². The Morgan fingerprint density at radius 3 is 2.67 bits per heavy atom. The number of rotatable bonds is 8. The molecule has 100 valence electrons. The first kappa shape index (κ1) is 15.0. The number of thiazole rings is 1. The predicted octanol–water partition coefficient (Wildman–Crippen LogP) is 2.57. The van der Waals surface area contributed by atoms with Crippen LogP contribution < -0.4 is 0 Å². The summed E-state index contributed by atoms with van der Waals surface area (Å²) in [5.41, 5.74) is 2.40. The van der Waals surface area contributed by atoms with Crippen LogP contribution in [0.1, 0.15) is 35.1 Å². The quantitative estimate of drug-likeness (QED) is 0.715. The molecule has 2 N–H and O–H groups in total. The van der Waals surface area contributed by atoms with Crippen molar-refractivity contribution in [1.29, 1.82) is 0 Å². The van der Waals surface area contributed by atoms with Crippen LogP contribution in [0.5, 0.6) is 0 Å². The number of nitrogens with zero attached hydrogens (tertiary/aromatic N) is 1. The number of aryl methyl sites for hydroxylation is 1. The van der Waals surface area contributed by atoms with Crippen molar-refractivity contribution in [1.82, 2.24) is 4.98 Å². The van der Waals surface area contributed by atoms with E-state index in [9.17, 15) is 14.7 Å². The predicted molar refractivity (Wildman–Crippen MR) is 71.2 cm³/mol. The molecule has 1 aromatic rings. The maximum Gasteiger partial charge on any atom is 0.322 e. The van der Waals surface area contributed by atoms with Crippen LogP contribution in [0.25, 0.3) is 0 Å². The summed E-state index contributed by atoms with van der Waals surface area (Å²) >= 11 is 2.68. The van der Waals surface area contributed by atoms with E-state index in [2.05, 4.69) is 4.98 Å². The summed E-state index contributed by atoms with van der Waals surface area (Å²) in [7, 11) is 0. The van der Waals surface area contributed by atoms with E-state index in [1.54, 1.807) is 12.4 Å². The summed E-state index contributed by atoms with van der Waals surface area (Å²) < 4.78 is 0. The second-order valence-electron chi connectivity index (χ2n) is 3.74. The van der Waals surface area contributed by atoms with E-state index in [0.29, 0.717) is 18.6 Å². The van der Waals surface area contributed by atoms with E-state index in [1.165, 1.54) is 23.1 Å². The van der Waals surface area contributed by atoms with Gasteiger partial charge in [-0.25, -0.2) is 4.98 Å². The Labute approximate surface area is 113 Å². The lowest BCUT2D eigenvalue weighted by molar-refractivity contribution is -0.137. The second-order valence-corrected chi connectivity index (χ2v) is 5.84. The number of hydrogen-bond donors (Lipinski definition) is 2. The molecule has 1 aromatic heterocycles. The molecule has 1 unspecified atom stereocenters. The Hall–Kier alpha value is -1.08. The Morgan fingerprint density at radius 2 is 2.17 bits per heavy atom. The maximum atomic E-state index is 11.2. The molecule has 1 rings (SSSR count). The van der Waals surface area contributed by atoms with Crippen molar-refractivity contribution in [2.75, 3.05) is 5.75 Å². The van der Waals surface area contributed by atoms with Crippen LogP contribution in [0.4, 0.5) is 0 Å². The molecular formula is C11H15NO4S2. The Balaban J connectivity index is 2.43. The minimum Gasteiger partial charge on any atom is -0.481 e. The standard InChI is InChI=1S/C11H15NO4S2/c1-7-9(18-6-12-7)10(11(15)16)17-5-3-2-4-8(13)14/h6,10H,2-5H2,1H3,(H,13,14)(H,15,16). The largest absolute Gasteiger partial charge is 0.481 e. The zero-order chi connectivity index (χ0) is 13.5. The zero-order valence-electron chi connectivity index (χ0n) is 9.96. The number of aliphatic carboxylic acids is 2. The average Bonchev–Trinajstić information content (AvgIpc) is 2.69. The molecule has 0 bridgehead atoms. The Kier molecular flexibility index (Phi) is 6.14. The van der Waals surface area contributed by atoms with Gasteiger partial charge in [0.1, 0.15) is 5.25 Å². The van der Waals surface area contributed by atoms with Gasteiger partial charge in [0.25, 0.3) is 0 Å². The van der Waals surface area contributed by atoms with Crippen molar-refractivity contribution < 1.29 is 19.8 Å². The van der Waals surface area contributed by atoms with E-state index < -0.39 is 17.2 Å². The summed E-state index contributed by atoms with van der Waals surface area (Å²) in [6, 6.07) is 0. The number of aromatic nitrogens is 1. The molecule has 0 amide bonds. The molecular weight excluding hydrogens is 274 g/mol. The molecule has 0 aliphatic carbocycles. The molecule has 1 heterocycles. The van der Waals surface area contributed by atoms with E-state index in [1.807, 2.05) is 0 Å². The van der Waals surface area contributed by atoms with Crippen molar-refractivity contribution in [2.24, 2.45) is 0 Å². The summed E-state index contributed by atoms with van der Waals surface area (Å²) in [6.45, 7) is 1.80. The molecule has 1 atom stereocenters. The summed E-state index contributed by atoms with van der Waals surface area (Å²) in [6.07, 6.45) is 1.42. The van der Waals surface area contributed by atoms with Gasteiger partial charge >= 0.3 is 11.9 Å². The van der Waals surface area contributed by atoms with Gasteiger partial charge in [-0.1, -0.05) is 0 Å². The van der Waals surface area contributed by atoms with Crippen molar-refractivity contribution in [3.05, 3.63) is 16.1 Å². The van der Waals surface area contributed by atoms with Crippen LogP contribution >= 0.6 is 23.1 Å². The number of carbonyl (C=O) groups is 2. The number of thioether (sulfide) groups is 1. The lowest BCUT2D eigenvalue weighted by Gasteiger charge is -2.10. The molecule has 0 spiro atoms.